The van der Waals surface area contributed by atoms with Crippen molar-refractivity contribution in [2.45, 2.75) is 57.8 Å². The van der Waals surface area contributed by atoms with Crippen molar-refractivity contribution in [2.75, 3.05) is 25.0 Å². The number of piperidine rings is 1. The van der Waals surface area contributed by atoms with Gasteiger partial charge in [0.15, 0.2) is 0 Å². The van der Waals surface area contributed by atoms with Gasteiger partial charge in [0.1, 0.15) is 5.82 Å². The maximum atomic E-state index is 13.0. The number of likely N-dealkylation sites (tertiary alicyclic amines) is 1. The molecule has 1 saturated carbocycles. The summed E-state index contributed by atoms with van der Waals surface area (Å²) >= 11 is 0. The van der Waals surface area contributed by atoms with Crippen molar-refractivity contribution in [3.05, 3.63) is 30.1 Å². The van der Waals surface area contributed by atoms with Gasteiger partial charge in [-0.15, -0.1) is 0 Å². The molecule has 154 valence electrons. The predicted molar refractivity (Wildman–Crippen MR) is 109 cm³/mol. The highest BCUT2D eigenvalue weighted by molar-refractivity contribution is 5.89. The highest BCUT2D eigenvalue weighted by Crippen LogP contribution is 2.24. The van der Waals surface area contributed by atoms with E-state index in [1.165, 1.54) is 44.2 Å². The number of urea groups is 1. The molecule has 2 aliphatic rings. The van der Waals surface area contributed by atoms with Gasteiger partial charge in [-0.2, -0.15) is 0 Å². The third kappa shape index (κ3) is 6.50. The smallest absolute Gasteiger partial charge is 0.321 e. The molecule has 1 saturated heterocycles. The molecule has 0 bridgehead atoms. The molecular formula is C22H32FN3O2. The van der Waals surface area contributed by atoms with Crippen LogP contribution in [-0.2, 0) is 4.79 Å². The van der Waals surface area contributed by atoms with E-state index in [0.29, 0.717) is 30.5 Å². The number of amides is 3. The Labute approximate surface area is 167 Å². The zero-order valence-electron chi connectivity index (χ0n) is 16.6. The number of anilines is 1. The number of hydrogen-bond acceptors (Lipinski definition) is 2. The second kappa shape index (κ2) is 10.4. The van der Waals surface area contributed by atoms with Crippen LogP contribution in [-0.4, -0.2) is 36.5 Å². The summed E-state index contributed by atoms with van der Waals surface area (Å²) in [6, 6.07) is 5.63. The van der Waals surface area contributed by atoms with Crippen LogP contribution in [0.4, 0.5) is 14.9 Å². The van der Waals surface area contributed by atoms with E-state index >= 15 is 0 Å². The minimum absolute atomic E-state index is 0.137. The lowest BCUT2D eigenvalue weighted by Crippen LogP contribution is -2.42. The molecule has 2 N–H and O–H groups in total. The lowest BCUT2D eigenvalue weighted by Gasteiger charge is -2.32. The molecule has 2 fully saturated rings. The van der Waals surface area contributed by atoms with Gasteiger partial charge in [-0.1, -0.05) is 19.3 Å². The van der Waals surface area contributed by atoms with Gasteiger partial charge in [-0.3, -0.25) is 4.79 Å². The van der Waals surface area contributed by atoms with Crippen LogP contribution in [0.15, 0.2) is 24.3 Å². The first-order valence-electron chi connectivity index (χ1n) is 10.7. The van der Waals surface area contributed by atoms with Crippen molar-refractivity contribution in [3.8, 4) is 0 Å². The number of rotatable bonds is 6. The Morgan fingerprint density at radius 3 is 2.46 bits per heavy atom. The normalized spacial score (nSPS) is 20.6. The Morgan fingerprint density at radius 1 is 1.00 bits per heavy atom. The fourth-order valence-electron chi connectivity index (χ4n) is 4.29. The average molecular weight is 390 g/mol. The molecule has 5 nitrogen and oxygen atoms in total. The van der Waals surface area contributed by atoms with Gasteiger partial charge in [0.05, 0.1) is 0 Å². The molecule has 6 heteroatoms. The predicted octanol–water partition coefficient (Wildman–Crippen LogP) is 4.55. The fraction of sp³-hybridized carbons (Fsp3) is 0.636. The van der Waals surface area contributed by atoms with Gasteiger partial charge in [0.25, 0.3) is 0 Å². The number of benzene rings is 1. The maximum absolute atomic E-state index is 13.0. The Balaban J connectivity index is 1.37. The van der Waals surface area contributed by atoms with Crippen LogP contribution in [0.2, 0.25) is 0 Å². The van der Waals surface area contributed by atoms with E-state index < -0.39 is 0 Å². The highest BCUT2D eigenvalue weighted by Gasteiger charge is 2.24. The average Bonchev–Trinajstić information content (AvgIpc) is 2.73. The van der Waals surface area contributed by atoms with Crippen molar-refractivity contribution in [1.82, 2.24) is 10.2 Å². The van der Waals surface area contributed by atoms with E-state index in [9.17, 15) is 14.0 Å². The van der Waals surface area contributed by atoms with Gasteiger partial charge < -0.3 is 15.5 Å². The zero-order chi connectivity index (χ0) is 19.8. The lowest BCUT2D eigenvalue weighted by atomic mass is 9.89. The maximum Gasteiger partial charge on any atom is 0.321 e. The second-order valence-corrected chi connectivity index (χ2v) is 8.24. The van der Waals surface area contributed by atoms with Gasteiger partial charge in [0, 0.05) is 31.7 Å². The van der Waals surface area contributed by atoms with E-state index in [2.05, 4.69) is 10.6 Å². The lowest BCUT2D eigenvalue weighted by molar-refractivity contribution is -0.121. The quantitative estimate of drug-likeness (QED) is 0.750. The Hall–Kier alpha value is -2.11. The van der Waals surface area contributed by atoms with E-state index in [-0.39, 0.29) is 17.8 Å². The number of nitrogens with one attached hydrogen (secondary N) is 2. The first-order valence-corrected chi connectivity index (χ1v) is 10.7. The van der Waals surface area contributed by atoms with Crippen LogP contribution in [0.1, 0.15) is 57.8 Å². The molecule has 1 aliphatic heterocycles. The first-order chi connectivity index (χ1) is 13.6. The molecule has 3 amide bonds. The standard InChI is InChI=1S/C22H32FN3O2/c23-19-9-11-20(12-10-19)25-22(28)26-14-4-7-18(16-26)8-13-21(27)24-15-17-5-2-1-3-6-17/h9-12,17-18H,1-8,13-16H2,(H,24,27)(H,25,28)/t18-/m1/s1. The highest BCUT2D eigenvalue weighted by atomic mass is 19.1. The molecule has 28 heavy (non-hydrogen) atoms. The summed E-state index contributed by atoms with van der Waals surface area (Å²) in [5.74, 6) is 0.822. The number of hydrogen-bond donors (Lipinski definition) is 2. The molecule has 1 aromatic carbocycles. The van der Waals surface area contributed by atoms with Crippen LogP contribution in [0, 0.1) is 17.7 Å². The van der Waals surface area contributed by atoms with E-state index in [0.717, 1.165) is 32.4 Å². The summed E-state index contributed by atoms with van der Waals surface area (Å²) in [7, 11) is 0. The minimum atomic E-state index is -0.321. The third-order valence-corrected chi connectivity index (χ3v) is 5.99. The molecule has 0 aromatic heterocycles. The van der Waals surface area contributed by atoms with Crippen molar-refractivity contribution in [3.63, 3.8) is 0 Å². The summed E-state index contributed by atoms with van der Waals surface area (Å²) in [6.07, 6.45) is 9.74. The molecule has 1 aromatic rings. The van der Waals surface area contributed by atoms with Crippen LogP contribution in [0.3, 0.4) is 0 Å². The third-order valence-electron chi connectivity index (χ3n) is 5.99. The zero-order valence-corrected chi connectivity index (χ0v) is 16.6. The van der Waals surface area contributed by atoms with E-state index in [1.807, 2.05) is 0 Å². The van der Waals surface area contributed by atoms with E-state index in [1.54, 1.807) is 17.0 Å². The van der Waals surface area contributed by atoms with Crippen molar-refractivity contribution in [2.24, 2.45) is 11.8 Å². The van der Waals surface area contributed by atoms with Crippen molar-refractivity contribution < 1.29 is 14.0 Å². The number of carbonyl (C=O) groups is 2. The van der Waals surface area contributed by atoms with Crippen LogP contribution >= 0.6 is 0 Å². The summed E-state index contributed by atoms with van der Waals surface area (Å²) in [4.78, 5) is 26.4. The second-order valence-electron chi connectivity index (χ2n) is 8.24. The SMILES string of the molecule is O=C(CC[C@H]1CCCN(C(=O)Nc2ccc(F)cc2)C1)NCC1CCCCC1. The summed E-state index contributed by atoms with van der Waals surface area (Å²) in [5, 5.41) is 5.92. The fourth-order valence-corrected chi connectivity index (χ4v) is 4.29. The molecule has 1 aliphatic carbocycles. The van der Waals surface area contributed by atoms with Gasteiger partial charge in [0.2, 0.25) is 5.91 Å². The Bertz CT molecular complexity index is 644. The molecule has 1 heterocycles. The summed E-state index contributed by atoms with van der Waals surface area (Å²) < 4.78 is 13.0. The molecular weight excluding hydrogens is 357 g/mol. The summed E-state index contributed by atoms with van der Waals surface area (Å²) in [5.41, 5.74) is 0.593. The Morgan fingerprint density at radius 2 is 1.71 bits per heavy atom. The molecule has 0 spiro atoms. The number of nitrogens with zero attached hydrogens (tertiary/aromatic N) is 1. The molecule has 0 radical (unpaired) electrons. The van der Waals surface area contributed by atoms with Crippen LogP contribution in [0.5, 0.6) is 0 Å². The molecule has 3 rings (SSSR count). The van der Waals surface area contributed by atoms with Crippen LogP contribution in [0.25, 0.3) is 0 Å². The molecule has 1 atom stereocenters. The first kappa shape index (κ1) is 20.6. The number of halogens is 1. The van der Waals surface area contributed by atoms with Gasteiger partial charge >= 0.3 is 6.03 Å². The number of carbonyl (C=O) groups excluding carboxylic acids is 2. The largest absolute Gasteiger partial charge is 0.356 e. The van der Waals surface area contributed by atoms with E-state index in [4.69, 9.17) is 0 Å². The minimum Gasteiger partial charge on any atom is -0.356 e. The van der Waals surface area contributed by atoms with Crippen LogP contribution < -0.4 is 10.6 Å². The monoisotopic (exact) mass is 389 g/mol. The van der Waals surface area contributed by atoms with Crippen molar-refractivity contribution >= 4 is 17.6 Å². The van der Waals surface area contributed by atoms with Crippen molar-refractivity contribution in [1.29, 1.82) is 0 Å². The van der Waals surface area contributed by atoms with Gasteiger partial charge in [-0.05, 0) is 68.2 Å². The summed E-state index contributed by atoms with van der Waals surface area (Å²) in [6.45, 7) is 2.20. The van der Waals surface area contributed by atoms with Gasteiger partial charge in [-0.25, -0.2) is 9.18 Å². The Kier molecular flexibility index (Phi) is 7.69. The molecule has 0 unspecified atom stereocenters. The topological polar surface area (TPSA) is 61.4 Å².